The van der Waals surface area contributed by atoms with E-state index in [-0.39, 0.29) is 11.7 Å². The highest BCUT2D eigenvalue weighted by Crippen LogP contribution is 2.27. The molecule has 2 aliphatic heterocycles. The topological polar surface area (TPSA) is 98.6 Å². The highest BCUT2D eigenvalue weighted by atomic mass is 16.4. The zero-order valence-corrected chi connectivity index (χ0v) is 17.9. The van der Waals surface area contributed by atoms with Crippen molar-refractivity contribution in [3.63, 3.8) is 0 Å². The second kappa shape index (κ2) is 9.37. The van der Waals surface area contributed by atoms with Crippen LogP contribution in [0.4, 0.5) is 17.2 Å². The molecule has 5 rings (SSSR count). The van der Waals surface area contributed by atoms with Crippen LogP contribution in [0.3, 0.4) is 0 Å². The van der Waals surface area contributed by atoms with Crippen molar-refractivity contribution in [3.8, 4) is 11.5 Å². The molecule has 32 heavy (non-hydrogen) atoms. The van der Waals surface area contributed by atoms with Crippen molar-refractivity contribution < 1.29 is 9.21 Å². The number of anilines is 3. The molecule has 3 aromatic rings. The third-order valence-electron chi connectivity index (χ3n) is 5.76. The van der Waals surface area contributed by atoms with Crippen molar-refractivity contribution in [1.82, 2.24) is 20.6 Å². The molecule has 0 atom stereocenters. The van der Waals surface area contributed by atoms with Gasteiger partial charge < -0.3 is 30.2 Å². The summed E-state index contributed by atoms with van der Waals surface area (Å²) in [5.74, 6) is 1.42. The van der Waals surface area contributed by atoms with Gasteiger partial charge in [0.05, 0.1) is 17.6 Å². The van der Waals surface area contributed by atoms with Gasteiger partial charge in [-0.2, -0.15) is 0 Å². The number of amides is 1. The summed E-state index contributed by atoms with van der Waals surface area (Å²) in [6.07, 6.45) is 3.42. The van der Waals surface area contributed by atoms with Crippen LogP contribution in [0, 0.1) is 0 Å². The van der Waals surface area contributed by atoms with Crippen LogP contribution >= 0.6 is 0 Å². The number of piperazine rings is 2. The van der Waals surface area contributed by atoms with E-state index in [4.69, 9.17) is 9.40 Å². The van der Waals surface area contributed by atoms with Crippen LogP contribution in [0.5, 0.6) is 0 Å². The highest BCUT2D eigenvalue weighted by Gasteiger charge is 2.19. The highest BCUT2D eigenvalue weighted by molar-refractivity contribution is 6.04. The van der Waals surface area contributed by atoms with E-state index >= 15 is 0 Å². The number of pyridine rings is 2. The molecule has 2 aliphatic rings. The molecule has 9 heteroatoms. The standard InChI is InChI=1S/C23H27N7O2/c31-23(28-18-16-26-7-6-19(18)29-12-8-24-9-13-29)21-5-4-20(32-21)17-2-1-3-22(27-17)30-14-10-25-11-15-30/h1-7,16,24-25H,8-15H2,(H,28,31). The minimum absolute atomic E-state index is 0.240. The lowest BCUT2D eigenvalue weighted by molar-refractivity contribution is 0.0997. The number of carbonyl (C=O) groups is 1. The van der Waals surface area contributed by atoms with E-state index in [2.05, 4.69) is 30.7 Å². The minimum Gasteiger partial charge on any atom is -0.449 e. The van der Waals surface area contributed by atoms with Gasteiger partial charge in [-0.05, 0) is 30.3 Å². The van der Waals surface area contributed by atoms with E-state index in [9.17, 15) is 4.79 Å². The summed E-state index contributed by atoms with van der Waals surface area (Å²) in [5, 5.41) is 9.65. The van der Waals surface area contributed by atoms with Crippen molar-refractivity contribution in [2.75, 3.05) is 67.5 Å². The number of hydrogen-bond donors (Lipinski definition) is 3. The molecule has 0 spiro atoms. The first-order chi connectivity index (χ1) is 15.8. The molecule has 5 heterocycles. The summed E-state index contributed by atoms with van der Waals surface area (Å²) >= 11 is 0. The summed E-state index contributed by atoms with van der Waals surface area (Å²) in [6, 6.07) is 11.3. The van der Waals surface area contributed by atoms with E-state index in [1.54, 1.807) is 24.5 Å². The van der Waals surface area contributed by atoms with E-state index < -0.39 is 0 Å². The molecule has 3 aromatic heterocycles. The third-order valence-corrected chi connectivity index (χ3v) is 5.76. The first-order valence-electron chi connectivity index (χ1n) is 11.0. The van der Waals surface area contributed by atoms with Crippen LogP contribution in [-0.2, 0) is 0 Å². The van der Waals surface area contributed by atoms with Crippen molar-refractivity contribution in [2.24, 2.45) is 0 Å². The van der Waals surface area contributed by atoms with Gasteiger partial charge in [-0.15, -0.1) is 0 Å². The summed E-state index contributed by atoms with van der Waals surface area (Å²) in [7, 11) is 0. The summed E-state index contributed by atoms with van der Waals surface area (Å²) in [6.45, 7) is 7.32. The Balaban J connectivity index is 1.32. The fourth-order valence-corrected chi connectivity index (χ4v) is 4.08. The lowest BCUT2D eigenvalue weighted by atomic mass is 10.2. The molecule has 0 saturated carbocycles. The van der Waals surface area contributed by atoms with Gasteiger partial charge in [0.2, 0.25) is 0 Å². The lowest BCUT2D eigenvalue weighted by Crippen LogP contribution is -2.43. The molecule has 166 valence electrons. The molecular weight excluding hydrogens is 406 g/mol. The smallest absolute Gasteiger partial charge is 0.291 e. The van der Waals surface area contributed by atoms with E-state index in [1.165, 1.54) is 0 Å². The van der Waals surface area contributed by atoms with E-state index in [0.717, 1.165) is 63.9 Å². The zero-order valence-electron chi connectivity index (χ0n) is 17.9. The maximum atomic E-state index is 12.9. The van der Waals surface area contributed by atoms with Crippen LogP contribution in [0.2, 0.25) is 0 Å². The number of nitrogens with zero attached hydrogens (tertiary/aromatic N) is 4. The minimum atomic E-state index is -0.307. The van der Waals surface area contributed by atoms with Gasteiger partial charge in [-0.1, -0.05) is 6.07 Å². The normalized spacial score (nSPS) is 16.8. The molecule has 3 N–H and O–H groups in total. The second-order valence-electron chi connectivity index (χ2n) is 7.87. The van der Waals surface area contributed by atoms with Gasteiger partial charge in [0.25, 0.3) is 5.91 Å². The number of furan rings is 1. The summed E-state index contributed by atoms with van der Waals surface area (Å²) in [4.78, 5) is 26.3. The monoisotopic (exact) mass is 433 g/mol. The Labute approximate surface area is 186 Å². The maximum Gasteiger partial charge on any atom is 0.291 e. The van der Waals surface area contributed by atoms with Gasteiger partial charge in [0.1, 0.15) is 11.5 Å². The van der Waals surface area contributed by atoms with Gasteiger partial charge >= 0.3 is 0 Å². The Bertz CT molecular complexity index is 1070. The molecule has 0 aromatic carbocycles. The molecule has 1 amide bonds. The summed E-state index contributed by atoms with van der Waals surface area (Å²) < 4.78 is 5.88. The van der Waals surface area contributed by atoms with Gasteiger partial charge in [-0.25, -0.2) is 4.98 Å². The van der Waals surface area contributed by atoms with Gasteiger partial charge in [0, 0.05) is 58.6 Å². The molecule has 2 fully saturated rings. The summed E-state index contributed by atoms with van der Waals surface area (Å²) in [5.41, 5.74) is 2.35. The number of aromatic nitrogens is 2. The van der Waals surface area contributed by atoms with Gasteiger partial charge in [-0.3, -0.25) is 9.78 Å². The van der Waals surface area contributed by atoms with Crippen molar-refractivity contribution in [1.29, 1.82) is 0 Å². The van der Waals surface area contributed by atoms with Crippen LogP contribution in [-0.4, -0.2) is 68.2 Å². The predicted octanol–water partition coefficient (Wildman–Crippen LogP) is 1.81. The Morgan fingerprint density at radius 3 is 2.47 bits per heavy atom. The Kier molecular flexibility index (Phi) is 6.00. The number of carbonyl (C=O) groups excluding carboxylic acids is 1. The molecule has 2 saturated heterocycles. The van der Waals surface area contributed by atoms with Gasteiger partial charge in [0.15, 0.2) is 11.5 Å². The average molecular weight is 434 g/mol. The number of rotatable bonds is 5. The molecule has 0 unspecified atom stereocenters. The SMILES string of the molecule is O=C(Nc1cnccc1N1CCNCC1)c1ccc(-c2cccc(N3CCNCC3)n2)o1. The lowest BCUT2D eigenvalue weighted by Gasteiger charge is -2.30. The van der Waals surface area contributed by atoms with Crippen molar-refractivity contribution in [2.45, 2.75) is 0 Å². The first kappa shape index (κ1) is 20.5. The van der Waals surface area contributed by atoms with Crippen LogP contribution in [0.25, 0.3) is 11.5 Å². The maximum absolute atomic E-state index is 12.9. The Morgan fingerprint density at radius 1 is 0.938 bits per heavy atom. The number of nitrogens with one attached hydrogen (secondary N) is 3. The molecular formula is C23H27N7O2. The fraction of sp³-hybridized carbons (Fsp3) is 0.348. The quantitative estimate of drug-likeness (QED) is 0.560. The Hall–Kier alpha value is -3.43. The number of hydrogen-bond acceptors (Lipinski definition) is 8. The molecule has 9 nitrogen and oxygen atoms in total. The van der Waals surface area contributed by atoms with Crippen LogP contribution in [0.15, 0.2) is 53.2 Å². The van der Waals surface area contributed by atoms with Crippen LogP contribution in [0.1, 0.15) is 10.6 Å². The van der Waals surface area contributed by atoms with Crippen LogP contribution < -0.4 is 25.8 Å². The Morgan fingerprint density at radius 2 is 1.69 bits per heavy atom. The largest absolute Gasteiger partial charge is 0.449 e. The second-order valence-corrected chi connectivity index (χ2v) is 7.87. The van der Waals surface area contributed by atoms with E-state index in [1.807, 2.05) is 24.3 Å². The van der Waals surface area contributed by atoms with Crippen molar-refractivity contribution >= 4 is 23.1 Å². The molecule has 0 radical (unpaired) electrons. The average Bonchev–Trinajstić information content (AvgIpc) is 3.36. The van der Waals surface area contributed by atoms with E-state index in [0.29, 0.717) is 17.1 Å². The van der Waals surface area contributed by atoms with Crippen molar-refractivity contribution in [3.05, 3.63) is 54.6 Å². The first-order valence-corrected chi connectivity index (χ1v) is 11.0. The third kappa shape index (κ3) is 4.44. The molecule has 0 bridgehead atoms. The molecule has 0 aliphatic carbocycles. The fourth-order valence-electron chi connectivity index (χ4n) is 4.08. The predicted molar refractivity (Wildman–Crippen MR) is 124 cm³/mol. The zero-order chi connectivity index (χ0) is 21.8.